The Kier molecular flexibility index (Phi) is 5.25. The largest absolute Gasteiger partial charge is 0.460 e. The molecule has 22 heavy (non-hydrogen) atoms. The number of hydrogen-bond acceptors (Lipinski definition) is 4. The minimum absolute atomic E-state index is 0.168. The summed E-state index contributed by atoms with van der Waals surface area (Å²) in [6.45, 7) is 3.64. The Morgan fingerprint density at radius 2 is 1.82 bits per heavy atom. The van der Waals surface area contributed by atoms with E-state index in [4.69, 9.17) is 4.74 Å². The van der Waals surface area contributed by atoms with E-state index in [1.165, 1.54) is 0 Å². The molecule has 0 saturated carbocycles. The molecular weight excluding hydrogens is 280 g/mol. The number of carbonyl (C=O) groups excluding carboxylic acids is 2. The van der Waals surface area contributed by atoms with Crippen LogP contribution in [0.25, 0.3) is 0 Å². The lowest BCUT2D eigenvalue weighted by Crippen LogP contribution is -2.31. The lowest BCUT2D eigenvalue weighted by molar-refractivity contribution is -0.143. The normalized spacial score (nSPS) is 10.1. The average Bonchev–Trinajstić information content (AvgIpc) is 2.51. The molecule has 0 radical (unpaired) electrons. The molecule has 0 fully saturated rings. The number of ether oxygens (including phenoxy) is 1. The van der Waals surface area contributed by atoms with E-state index in [2.05, 4.69) is 10.3 Å². The smallest absolute Gasteiger partial charge is 0.325 e. The van der Waals surface area contributed by atoms with Crippen molar-refractivity contribution in [3.05, 3.63) is 65.0 Å². The number of rotatable bonds is 5. The predicted molar refractivity (Wildman–Crippen MR) is 82.3 cm³/mol. The van der Waals surface area contributed by atoms with Gasteiger partial charge in [0.2, 0.25) is 0 Å². The topological polar surface area (TPSA) is 68.3 Å². The van der Waals surface area contributed by atoms with Crippen LogP contribution in [0.2, 0.25) is 0 Å². The van der Waals surface area contributed by atoms with Crippen LogP contribution in [-0.2, 0) is 16.1 Å². The van der Waals surface area contributed by atoms with Crippen LogP contribution in [0.15, 0.2) is 42.5 Å². The lowest BCUT2D eigenvalue weighted by Gasteiger charge is -2.08. The summed E-state index contributed by atoms with van der Waals surface area (Å²) in [5, 5.41) is 2.54. The van der Waals surface area contributed by atoms with Crippen LogP contribution in [0, 0.1) is 13.8 Å². The van der Waals surface area contributed by atoms with E-state index in [0.29, 0.717) is 11.3 Å². The van der Waals surface area contributed by atoms with Gasteiger partial charge in [0.15, 0.2) is 0 Å². The van der Waals surface area contributed by atoms with Crippen LogP contribution in [-0.4, -0.2) is 23.4 Å². The van der Waals surface area contributed by atoms with Crippen LogP contribution in [0.4, 0.5) is 0 Å². The Labute approximate surface area is 129 Å². The van der Waals surface area contributed by atoms with Gasteiger partial charge < -0.3 is 10.1 Å². The van der Waals surface area contributed by atoms with Gasteiger partial charge >= 0.3 is 5.97 Å². The third kappa shape index (κ3) is 4.41. The molecule has 0 aliphatic carbocycles. The molecule has 0 bridgehead atoms. The van der Waals surface area contributed by atoms with Crippen molar-refractivity contribution in [2.24, 2.45) is 0 Å². The zero-order valence-corrected chi connectivity index (χ0v) is 12.6. The Balaban J connectivity index is 1.82. The Morgan fingerprint density at radius 3 is 2.50 bits per heavy atom. The molecule has 0 aliphatic heterocycles. The highest BCUT2D eigenvalue weighted by molar-refractivity contribution is 5.96. The molecule has 2 aromatic rings. The van der Waals surface area contributed by atoms with Crippen LogP contribution in [0.1, 0.15) is 27.3 Å². The zero-order valence-electron chi connectivity index (χ0n) is 12.6. The van der Waals surface area contributed by atoms with Gasteiger partial charge in [-0.2, -0.15) is 0 Å². The first-order valence-corrected chi connectivity index (χ1v) is 6.98. The van der Waals surface area contributed by atoms with E-state index in [1.54, 1.807) is 19.1 Å². The minimum atomic E-state index is -0.477. The van der Waals surface area contributed by atoms with Gasteiger partial charge in [0.05, 0.1) is 11.3 Å². The maximum absolute atomic E-state index is 12.0. The maximum atomic E-state index is 12.0. The molecule has 0 atom stereocenters. The first-order valence-electron chi connectivity index (χ1n) is 6.98. The second kappa shape index (κ2) is 7.36. The maximum Gasteiger partial charge on any atom is 0.325 e. The van der Waals surface area contributed by atoms with Crippen LogP contribution >= 0.6 is 0 Å². The highest BCUT2D eigenvalue weighted by Crippen LogP contribution is 2.06. The number of amides is 1. The zero-order chi connectivity index (χ0) is 15.9. The lowest BCUT2D eigenvalue weighted by atomic mass is 10.2. The number of aryl methyl sites for hydroxylation is 2. The number of aromatic nitrogens is 1. The molecular formula is C17H18N2O3. The molecule has 2 rings (SSSR count). The number of pyridine rings is 1. The van der Waals surface area contributed by atoms with Gasteiger partial charge in [0.25, 0.3) is 5.91 Å². The van der Waals surface area contributed by atoms with Gasteiger partial charge in [0.1, 0.15) is 13.2 Å². The Hall–Kier alpha value is -2.69. The van der Waals surface area contributed by atoms with E-state index >= 15 is 0 Å². The SMILES string of the molecule is Cc1ccc(C(=O)NCC(=O)OCc2ccccc2)c(C)n1. The molecule has 1 amide bonds. The second-order valence-electron chi connectivity index (χ2n) is 4.91. The van der Waals surface area contributed by atoms with Gasteiger partial charge in [-0.1, -0.05) is 30.3 Å². The number of carbonyl (C=O) groups is 2. The molecule has 5 heteroatoms. The summed E-state index contributed by atoms with van der Waals surface area (Å²) in [7, 11) is 0. The van der Waals surface area contributed by atoms with Gasteiger partial charge in [-0.05, 0) is 31.5 Å². The first-order chi connectivity index (χ1) is 10.6. The van der Waals surface area contributed by atoms with Crippen molar-refractivity contribution in [2.75, 3.05) is 6.54 Å². The molecule has 0 saturated heterocycles. The van der Waals surface area contributed by atoms with Gasteiger partial charge in [-0.15, -0.1) is 0 Å². The molecule has 0 unspecified atom stereocenters. The van der Waals surface area contributed by atoms with Gasteiger partial charge in [-0.25, -0.2) is 0 Å². The summed E-state index contributed by atoms with van der Waals surface area (Å²) in [6.07, 6.45) is 0. The molecule has 1 aromatic carbocycles. The van der Waals surface area contributed by atoms with Gasteiger partial charge in [0, 0.05) is 5.69 Å². The number of esters is 1. The Bertz CT molecular complexity index is 669. The summed E-state index contributed by atoms with van der Waals surface area (Å²) in [4.78, 5) is 27.9. The highest BCUT2D eigenvalue weighted by atomic mass is 16.5. The third-order valence-corrected chi connectivity index (χ3v) is 3.11. The van der Waals surface area contributed by atoms with Crippen LogP contribution in [0.3, 0.4) is 0 Å². The highest BCUT2D eigenvalue weighted by Gasteiger charge is 2.12. The van der Waals surface area contributed by atoms with E-state index in [1.807, 2.05) is 37.3 Å². The van der Waals surface area contributed by atoms with Crippen molar-refractivity contribution in [2.45, 2.75) is 20.5 Å². The van der Waals surface area contributed by atoms with Crippen LogP contribution < -0.4 is 5.32 Å². The fourth-order valence-electron chi connectivity index (χ4n) is 1.96. The molecule has 0 aliphatic rings. The van der Waals surface area contributed by atoms with Crippen molar-refractivity contribution in [3.63, 3.8) is 0 Å². The molecule has 5 nitrogen and oxygen atoms in total. The Morgan fingerprint density at radius 1 is 1.09 bits per heavy atom. The summed E-state index contributed by atoms with van der Waals surface area (Å²) < 4.78 is 5.09. The van der Waals surface area contributed by atoms with E-state index in [0.717, 1.165) is 11.3 Å². The van der Waals surface area contributed by atoms with Crippen molar-refractivity contribution >= 4 is 11.9 Å². The van der Waals surface area contributed by atoms with Gasteiger partial charge in [-0.3, -0.25) is 14.6 Å². The minimum Gasteiger partial charge on any atom is -0.460 e. The summed E-state index contributed by atoms with van der Waals surface area (Å²) >= 11 is 0. The van der Waals surface area contributed by atoms with E-state index in [9.17, 15) is 9.59 Å². The standard InChI is InChI=1S/C17H18N2O3/c1-12-8-9-15(13(2)19-12)17(21)18-10-16(20)22-11-14-6-4-3-5-7-14/h3-9H,10-11H2,1-2H3,(H,18,21). The fraction of sp³-hybridized carbons (Fsp3) is 0.235. The average molecular weight is 298 g/mol. The van der Waals surface area contributed by atoms with Crippen molar-refractivity contribution < 1.29 is 14.3 Å². The van der Waals surface area contributed by atoms with E-state index < -0.39 is 5.97 Å². The number of nitrogens with zero attached hydrogens (tertiary/aromatic N) is 1. The summed E-state index contributed by atoms with van der Waals surface area (Å²) in [6, 6.07) is 12.8. The first kappa shape index (κ1) is 15.7. The van der Waals surface area contributed by atoms with Crippen molar-refractivity contribution in [3.8, 4) is 0 Å². The monoisotopic (exact) mass is 298 g/mol. The third-order valence-electron chi connectivity index (χ3n) is 3.11. The molecule has 0 spiro atoms. The molecule has 1 heterocycles. The van der Waals surface area contributed by atoms with Crippen molar-refractivity contribution in [1.29, 1.82) is 0 Å². The van der Waals surface area contributed by atoms with E-state index in [-0.39, 0.29) is 19.1 Å². The number of hydrogen-bond donors (Lipinski definition) is 1. The second-order valence-corrected chi connectivity index (χ2v) is 4.91. The van der Waals surface area contributed by atoms with Crippen molar-refractivity contribution in [1.82, 2.24) is 10.3 Å². The van der Waals surface area contributed by atoms with Crippen LogP contribution in [0.5, 0.6) is 0 Å². The number of nitrogens with one attached hydrogen (secondary N) is 1. The quantitative estimate of drug-likeness (QED) is 0.859. The molecule has 1 N–H and O–H groups in total. The predicted octanol–water partition coefficient (Wildman–Crippen LogP) is 2.17. The number of benzene rings is 1. The fourth-order valence-corrected chi connectivity index (χ4v) is 1.96. The summed E-state index contributed by atoms with van der Waals surface area (Å²) in [5.74, 6) is -0.809. The molecule has 1 aromatic heterocycles. The molecule has 114 valence electrons. The summed E-state index contributed by atoms with van der Waals surface area (Å²) in [5.41, 5.74) is 2.84.